The first-order valence-corrected chi connectivity index (χ1v) is 11.2. The van der Waals surface area contributed by atoms with E-state index in [-0.39, 0.29) is 24.0 Å². The molecule has 0 saturated carbocycles. The van der Waals surface area contributed by atoms with Gasteiger partial charge in [-0.2, -0.15) is 0 Å². The van der Waals surface area contributed by atoms with Crippen LogP contribution in [0, 0.1) is 0 Å². The number of guanidine groups is 1. The van der Waals surface area contributed by atoms with Crippen LogP contribution >= 0.6 is 24.0 Å². The van der Waals surface area contributed by atoms with Crippen molar-refractivity contribution in [2.75, 3.05) is 38.8 Å². The van der Waals surface area contributed by atoms with Gasteiger partial charge in [-0.25, -0.2) is 4.99 Å². The molecule has 0 aliphatic carbocycles. The summed E-state index contributed by atoms with van der Waals surface area (Å²) < 4.78 is 16.7. The minimum Gasteiger partial charge on any atom is -0.497 e. The highest BCUT2D eigenvalue weighted by atomic mass is 127. The van der Waals surface area contributed by atoms with Crippen molar-refractivity contribution >= 4 is 46.6 Å². The lowest BCUT2D eigenvalue weighted by Crippen LogP contribution is -2.48. The van der Waals surface area contributed by atoms with Crippen LogP contribution in [0.1, 0.15) is 25.5 Å². The van der Waals surface area contributed by atoms with Gasteiger partial charge in [-0.3, -0.25) is 0 Å². The van der Waals surface area contributed by atoms with Gasteiger partial charge in [0.2, 0.25) is 0 Å². The molecule has 178 valence electrons. The molecular formula is C25H33IN4O3. The number of nitrogens with one attached hydrogen (secondary N) is 2. The third-order valence-corrected chi connectivity index (χ3v) is 5.75. The zero-order valence-corrected chi connectivity index (χ0v) is 21.8. The minimum absolute atomic E-state index is 0. The maximum atomic E-state index is 5.90. The number of piperidine rings is 1. The van der Waals surface area contributed by atoms with E-state index in [1.165, 1.54) is 0 Å². The average molecular weight is 564 g/mol. The minimum atomic E-state index is 0. The van der Waals surface area contributed by atoms with Gasteiger partial charge in [0.15, 0.2) is 5.96 Å². The molecule has 1 fully saturated rings. The van der Waals surface area contributed by atoms with E-state index in [1.807, 2.05) is 24.3 Å². The monoisotopic (exact) mass is 564 g/mol. The first kappa shape index (κ1) is 25.0. The standard InChI is InChI=1S/C25H32N4O3.HI/c1-4-26-25(27-17-23-13-18-7-5-6-8-24(18)32-23)28-19-9-11-29(12-10-19)20-14-21(30-2)16-22(15-20)31-3;/h5-8,13-16,19H,4,9-12,17H2,1-3H3,(H2,26,27,28);1H. The van der Waals surface area contributed by atoms with Gasteiger partial charge >= 0.3 is 0 Å². The fourth-order valence-corrected chi connectivity index (χ4v) is 4.04. The number of nitrogens with zero attached hydrogens (tertiary/aromatic N) is 2. The number of rotatable bonds is 7. The largest absolute Gasteiger partial charge is 0.497 e. The predicted molar refractivity (Wildman–Crippen MR) is 144 cm³/mol. The lowest BCUT2D eigenvalue weighted by atomic mass is 10.0. The molecule has 1 aliphatic heterocycles. The first-order chi connectivity index (χ1) is 15.7. The van der Waals surface area contributed by atoms with Crippen molar-refractivity contribution in [1.82, 2.24) is 10.6 Å². The van der Waals surface area contributed by atoms with Gasteiger partial charge in [0.05, 0.1) is 14.2 Å². The molecule has 0 atom stereocenters. The molecule has 2 aromatic carbocycles. The summed E-state index contributed by atoms with van der Waals surface area (Å²) in [4.78, 5) is 7.13. The predicted octanol–water partition coefficient (Wildman–Crippen LogP) is 4.79. The van der Waals surface area contributed by atoms with Crippen molar-refractivity contribution in [3.63, 3.8) is 0 Å². The van der Waals surface area contributed by atoms with Gasteiger partial charge in [-0.1, -0.05) is 18.2 Å². The molecule has 0 spiro atoms. The Hall–Kier alpha value is -2.62. The molecule has 3 aromatic rings. The SMILES string of the molecule is CCNC(=NCc1cc2ccccc2o1)NC1CCN(c2cc(OC)cc(OC)c2)CC1.I. The van der Waals surface area contributed by atoms with E-state index in [9.17, 15) is 0 Å². The van der Waals surface area contributed by atoms with Crippen molar-refractivity contribution in [2.24, 2.45) is 4.99 Å². The molecule has 0 bridgehead atoms. The molecule has 33 heavy (non-hydrogen) atoms. The molecule has 2 heterocycles. The molecule has 1 aliphatic rings. The number of aliphatic imine (C=N–C) groups is 1. The maximum absolute atomic E-state index is 5.90. The van der Waals surface area contributed by atoms with Gasteiger partial charge in [0.1, 0.15) is 29.4 Å². The number of fused-ring (bicyclic) bond motifs is 1. The van der Waals surface area contributed by atoms with Crippen LogP contribution in [0.3, 0.4) is 0 Å². The van der Waals surface area contributed by atoms with Crippen molar-refractivity contribution < 1.29 is 13.9 Å². The molecule has 2 N–H and O–H groups in total. The maximum Gasteiger partial charge on any atom is 0.191 e. The highest BCUT2D eigenvalue weighted by Gasteiger charge is 2.21. The van der Waals surface area contributed by atoms with E-state index < -0.39 is 0 Å². The fourth-order valence-electron chi connectivity index (χ4n) is 4.04. The Morgan fingerprint density at radius 2 is 1.76 bits per heavy atom. The third kappa shape index (κ3) is 6.46. The zero-order valence-electron chi connectivity index (χ0n) is 19.5. The van der Waals surface area contributed by atoms with Crippen LogP contribution in [0.2, 0.25) is 0 Å². The summed E-state index contributed by atoms with van der Waals surface area (Å²) in [5.74, 6) is 3.32. The molecular weight excluding hydrogens is 531 g/mol. The molecule has 0 amide bonds. The Morgan fingerprint density at radius 3 is 2.39 bits per heavy atom. The van der Waals surface area contributed by atoms with E-state index in [4.69, 9.17) is 18.9 Å². The molecule has 0 radical (unpaired) electrons. The Kier molecular flexibility index (Phi) is 9.11. The number of benzene rings is 2. The lowest BCUT2D eigenvalue weighted by molar-refractivity contribution is 0.393. The van der Waals surface area contributed by atoms with E-state index in [2.05, 4.69) is 46.7 Å². The summed E-state index contributed by atoms with van der Waals surface area (Å²) in [5, 5.41) is 8.07. The molecule has 4 rings (SSSR count). The normalized spacial score (nSPS) is 14.6. The number of furan rings is 1. The first-order valence-electron chi connectivity index (χ1n) is 11.2. The number of ether oxygens (including phenoxy) is 2. The second-order valence-corrected chi connectivity index (χ2v) is 7.92. The van der Waals surface area contributed by atoms with E-state index in [0.29, 0.717) is 12.6 Å². The molecule has 0 unspecified atom stereocenters. The fraction of sp³-hybridized carbons (Fsp3) is 0.400. The Morgan fingerprint density at radius 1 is 1.06 bits per heavy atom. The second kappa shape index (κ2) is 12.0. The summed E-state index contributed by atoms with van der Waals surface area (Å²) in [6.07, 6.45) is 2.04. The summed E-state index contributed by atoms with van der Waals surface area (Å²) in [5.41, 5.74) is 2.03. The highest BCUT2D eigenvalue weighted by molar-refractivity contribution is 14.0. The summed E-state index contributed by atoms with van der Waals surface area (Å²) in [7, 11) is 3.36. The van der Waals surface area contributed by atoms with E-state index in [0.717, 1.165) is 72.4 Å². The van der Waals surface area contributed by atoms with Gasteiger partial charge in [0.25, 0.3) is 0 Å². The van der Waals surface area contributed by atoms with Gasteiger partial charge in [-0.15, -0.1) is 24.0 Å². The molecule has 7 nitrogen and oxygen atoms in total. The number of hydrogen-bond donors (Lipinski definition) is 2. The zero-order chi connectivity index (χ0) is 22.3. The summed E-state index contributed by atoms with van der Waals surface area (Å²) in [6, 6.07) is 16.5. The van der Waals surface area contributed by atoms with Gasteiger partial charge in [-0.05, 0) is 31.9 Å². The number of methoxy groups -OCH3 is 2. The van der Waals surface area contributed by atoms with Crippen molar-refractivity contribution in [1.29, 1.82) is 0 Å². The molecule has 1 saturated heterocycles. The quantitative estimate of drug-likeness (QED) is 0.244. The summed E-state index contributed by atoms with van der Waals surface area (Å²) in [6.45, 7) is 5.31. The van der Waals surface area contributed by atoms with Crippen LogP contribution < -0.4 is 25.0 Å². The van der Waals surface area contributed by atoms with E-state index >= 15 is 0 Å². The number of hydrogen-bond acceptors (Lipinski definition) is 5. The van der Waals surface area contributed by atoms with Crippen molar-refractivity contribution in [3.8, 4) is 11.5 Å². The van der Waals surface area contributed by atoms with Crippen LogP contribution in [-0.2, 0) is 6.54 Å². The topological polar surface area (TPSA) is 71.3 Å². The van der Waals surface area contributed by atoms with Crippen LogP contribution in [0.5, 0.6) is 11.5 Å². The third-order valence-electron chi connectivity index (χ3n) is 5.75. The Balaban J connectivity index is 0.00000306. The van der Waals surface area contributed by atoms with Crippen molar-refractivity contribution in [3.05, 3.63) is 54.3 Å². The van der Waals surface area contributed by atoms with Gasteiger partial charge < -0.3 is 29.4 Å². The summed E-state index contributed by atoms with van der Waals surface area (Å²) >= 11 is 0. The number of anilines is 1. The number of halogens is 1. The van der Waals surface area contributed by atoms with Crippen LogP contribution in [-0.4, -0.2) is 45.9 Å². The Labute approximate surface area is 212 Å². The molecule has 8 heteroatoms. The smallest absolute Gasteiger partial charge is 0.191 e. The Bertz CT molecular complexity index is 1010. The molecule has 1 aromatic heterocycles. The lowest BCUT2D eigenvalue weighted by Gasteiger charge is -2.34. The van der Waals surface area contributed by atoms with Crippen molar-refractivity contribution in [2.45, 2.75) is 32.4 Å². The van der Waals surface area contributed by atoms with Crippen LogP contribution in [0.4, 0.5) is 5.69 Å². The average Bonchev–Trinajstić information content (AvgIpc) is 3.26. The highest BCUT2D eigenvalue weighted by Crippen LogP contribution is 2.30. The van der Waals surface area contributed by atoms with Crippen LogP contribution in [0.15, 0.2) is 57.9 Å². The van der Waals surface area contributed by atoms with Gasteiger partial charge in [0, 0.05) is 54.9 Å². The second-order valence-electron chi connectivity index (χ2n) is 7.92. The van der Waals surface area contributed by atoms with E-state index in [1.54, 1.807) is 14.2 Å². The number of para-hydroxylation sites is 1. The van der Waals surface area contributed by atoms with Crippen LogP contribution in [0.25, 0.3) is 11.0 Å².